The van der Waals surface area contributed by atoms with Crippen molar-refractivity contribution in [1.82, 2.24) is 4.31 Å². The van der Waals surface area contributed by atoms with E-state index in [1.165, 1.54) is 26.2 Å². The van der Waals surface area contributed by atoms with Crippen LogP contribution in [0.2, 0.25) is 0 Å². The van der Waals surface area contributed by atoms with Crippen molar-refractivity contribution in [1.29, 1.82) is 0 Å². The van der Waals surface area contributed by atoms with Gasteiger partial charge < -0.3 is 5.32 Å². The molecule has 0 aromatic heterocycles. The van der Waals surface area contributed by atoms with Gasteiger partial charge in [-0.2, -0.15) is 0 Å². The second-order valence-electron chi connectivity index (χ2n) is 5.20. The number of benzene rings is 2. The van der Waals surface area contributed by atoms with Crippen molar-refractivity contribution in [2.24, 2.45) is 0 Å². The summed E-state index contributed by atoms with van der Waals surface area (Å²) in [6, 6.07) is 11.9. The number of anilines is 1. The van der Waals surface area contributed by atoms with Gasteiger partial charge in [0.15, 0.2) is 0 Å². The van der Waals surface area contributed by atoms with E-state index in [1.54, 1.807) is 18.2 Å². The molecule has 1 amide bonds. The van der Waals surface area contributed by atoms with E-state index < -0.39 is 10.0 Å². The fourth-order valence-corrected chi connectivity index (χ4v) is 3.50. The lowest BCUT2D eigenvalue weighted by Crippen LogP contribution is -2.22. The minimum Gasteiger partial charge on any atom is -0.322 e. The highest BCUT2D eigenvalue weighted by Gasteiger charge is 2.19. The van der Waals surface area contributed by atoms with Gasteiger partial charge in [-0.3, -0.25) is 4.79 Å². The SMILES string of the molecule is Cc1ccc(S(=O)(=O)N(C)C)cc1NC(=O)c1ccccc1I. The van der Waals surface area contributed by atoms with Crippen LogP contribution >= 0.6 is 22.6 Å². The Kier molecular flexibility index (Phi) is 5.43. The predicted molar refractivity (Wildman–Crippen MR) is 99.2 cm³/mol. The highest BCUT2D eigenvalue weighted by atomic mass is 127. The van der Waals surface area contributed by atoms with E-state index >= 15 is 0 Å². The van der Waals surface area contributed by atoms with E-state index in [2.05, 4.69) is 27.9 Å². The zero-order valence-electron chi connectivity index (χ0n) is 13.0. The average Bonchev–Trinajstić information content (AvgIpc) is 2.49. The Morgan fingerprint density at radius 1 is 1.13 bits per heavy atom. The number of aryl methyl sites for hydroxylation is 1. The molecule has 0 heterocycles. The Balaban J connectivity index is 2.38. The third-order valence-electron chi connectivity index (χ3n) is 3.35. The third-order valence-corrected chi connectivity index (χ3v) is 6.11. The summed E-state index contributed by atoms with van der Waals surface area (Å²) >= 11 is 2.09. The van der Waals surface area contributed by atoms with Crippen LogP contribution in [0.25, 0.3) is 0 Å². The van der Waals surface area contributed by atoms with Crippen LogP contribution in [0.1, 0.15) is 15.9 Å². The first kappa shape index (κ1) is 17.9. The van der Waals surface area contributed by atoms with Crippen molar-refractivity contribution in [3.05, 3.63) is 57.2 Å². The summed E-state index contributed by atoms with van der Waals surface area (Å²) in [6.07, 6.45) is 0. The number of nitrogens with zero attached hydrogens (tertiary/aromatic N) is 1. The minimum absolute atomic E-state index is 0.145. The molecule has 0 radical (unpaired) electrons. The Labute approximate surface area is 149 Å². The van der Waals surface area contributed by atoms with Crippen LogP contribution in [0.15, 0.2) is 47.4 Å². The molecule has 0 aliphatic heterocycles. The Morgan fingerprint density at radius 2 is 1.78 bits per heavy atom. The van der Waals surface area contributed by atoms with Gasteiger partial charge in [0.05, 0.1) is 10.5 Å². The van der Waals surface area contributed by atoms with E-state index in [1.807, 2.05) is 19.1 Å². The maximum Gasteiger partial charge on any atom is 0.256 e. The number of hydrogen-bond acceptors (Lipinski definition) is 3. The molecule has 23 heavy (non-hydrogen) atoms. The van der Waals surface area contributed by atoms with Crippen LogP contribution in [-0.2, 0) is 10.0 Å². The first-order chi connectivity index (χ1) is 10.7. The molecule has 0 unspecified atom stereocenters. The molecule has 2 aromatic rings. The molecule has 2 rings (SSSR count). The molecule has 5 nitrogen and oxygen atoms in total. The molecular formula is C16H17IN2O3S. The average molecular weight is 444 g/mol. The number of nitrogens with one attached hydrogen (secondary N) is 1. The predicted octanol–water partition coefficient (Wildman–Crippen LogP) is 3.10. The summed E-state index contributed by atoms with van der Waals surface area (Å²) in [7, 11) is -0.600. The normalized spacial score (nSPS) is 11.5. The molecule has 0 aliphatic rings. The highest BCUT2D eigenvalue weighted by molar-refractivity contribution is 14.1. The van der Waals surface area contributed by atoms with Crippen LogP contribution in [0.5, 0.6) is 0 Å². The number of halogens is 1. The van der Waals surface area contributed by atoms with Crippen LogP contribution in [0.3, 0.4) is 0 Å². The fourth-order valence-electron chi connectivity index (χ4n) is 1.94. The molecule has 0 saturated heterocycles. The zero-order valence-corrected chi connectivity index (χ0v) is 16.0. The maximum atomic E-state index is 12.4. The monoisotopic (exact) mass is 444 g/mol. The van der Waals surface area contributed by atoms with Gasteiger partial charge in [0, 0.05) is 23.4 Å². The standard InChI is InChI=1S/C16H17IN2O3S/c1-11-8-9-12(23(21,22)19(2)3)10-15(11)18-16(20)13-6-4-5-7-14(13)17/h4-10H,1-3H3,(H,18,20). The van der Waals surface area contributed by atoms with E-state index in [-0.39, 0.29) is 10.8 Å². The second kappa shape index (κ2) is 6.98. The van der Waals surface area contributed by atoms with Crippen molar-refractivity contribution in [2.75, 3.05) is 19.4 Å². The Morgan fingerprint density at radius 3 is 2.39 bits per heavy atom. The number of amides is 1. The van der Waals surface area contributed by atoms with Gasteiger partial charge in [0.25, 0.3) is 5.91 Å². The lowest BCUT2D eigenvalue weighted by atomic mass is 10.1. The van der Waals surface area contributed by atoms with Crippen molar-refractivity contribution in [2.45, 2.75) is 11.8 Å². The zero-order chi connectivity index (χ0) is 17.2. The first-order valence-corrected chi connectivity index (χ1v) is 9.34. The number of carbonyl (C=O) groups excluding carboxylic acids is 1. The molecule has 0 spiro atoms. The molecule has 7 heteroatoms. The molecule has 1 N–H and O–H groups in total. The molecule has 122 valence electrons. The molecule has 2 aromatic carbocycles. The van der Waals surface area contributed by atoms with E-state index in [9.17, 15) is 13.2 Å². The largest absolute Gasteiger partial charge is 0.322 e. The minimum atomic E-state index is -3.54. The first-order valence-electron chi connectivity index (χ1n) is 6.82. The van der Waals surface area contributed by atoms with Crippen molar-refractivity contribution >= 4 is 44.2 Å². The summed E-state index contributed by atoms with van der Waals surface area (Å²) < 4.78 is 26.4. The maximum absolute atomic E-state index is 12.4. The number of sulfonamides is 1. The van der Waals surface area contributed by atoms with Crippen LogP contribution in [0, 0.1) is 10.5 Å². The van der Waals surface area contributed by atoms with Gasteiger partial charge >= 0.3 is 0 Å². The summed E-state index contributed by atoms with van der Waals surface area (Å²) in [6.45, 7) is 1.82. The van der Waals surface area contributed by atoms with Crippen LogP contribution < -0.4 is 5.32 Å². The summed E-state index contributed by atoms with van der Waals surface area (Å²) in [5, 5.41) is 2.79. The van der Waals surface area contributed by atoms with Crippen LogP contribution in [-0.4, -0.2) is 32.7 Å². The van der Waals surface area contributed by atoms with Gasteiger partial charge in [-0.25, -0.2) is 12.7 Å². The molecular weight excluding hydrogens is 427 g/mol. The Bertz CT molecular complexity index is 848. The molecule has 0 saturated carbocycles. The highest BCUT2D eigenvalue weighted by Crippen LogP contribution is 2.23. The molecule has 0 fully saturated rings. The van der Waals surface area contributed by atoms with Crippen molar-refractivity contribution in [3.63, 3.8) is 0 Å². The van der Waals surface area contributed by atoms with Crippen molar-refractivity contribution < 1.29 is 13.2 Å². The van der Waals surface area contributed by atoms with E-state index in [4.69, 9.17) is 0 Å². The van der Waals surface area contributed by atoms with Gasteiger partial charge in [0.1, 0.15) is 0 Å². The Hall–Kier alpha value is -1.45. The summed E-state index contributed by atoms with van der Waals surface area (Å²) in [5.74, 6) is -0.266. The van der Waals surface area contributed by atoms with E-state index in [0.717, 1.165) is 13.4 Å². The van der Waals surface area contributed by atoms with Gasteiger partial charge in [-0.15, -0.1) is 0 Å². The second-order valence-corrected chi connectivity index (χ2v) is 8.51. The lowest BCUT2D eigenvalue weighted by Gasteiger charge is -2.14. The fraction of sp³-hybridized carbons (Fsp3) is 0.188. The number of hydrogen-bond donors (Lipinski definition) is 1. The topological polar surface area (TPSA) is 66.5 Å². The number of rotatable bonds is 4. The third kappa shape index (κ3) is 3.91. The summed E-state index contributed by atoms with van der Waals surface area (Å²) in [4.78, 5) is 12.6. The molecule has 0 aliphatic carbocycles. The van der Waals surface area contributed by atoms with E-state index in [0.29, 0.717) is 11.3 Å². The van der Waals surface area contributed by atoms with Crippen molar-refractivity contribution in [3.8, 4) is 0 Å². The lowest BCUT2D eigenvalue weighted by molar-refractivity contribution is 0.102. The molecule has 0 bridgehead atoms. The van der Waals surface area contributed by atoms with Gasteiger partial charge in [-0.1, -0.05) is 18.2 Å². The smallest absolute Gasteiger partial charge is 0.256 e. The molecule has 0 atom stereocenters. The quantitative estimate of drug-likeness (QED) is 0.738. The summed E-state index contributed by atoms with van der Waals surface area (Å²) in [5.41, 5.74) is 1.83. The van der Waals surface area contributed by atoms with Gasteiger partial charge in [-0.05, 0) is 59.3 Å². The van der Waals surface area contributed by atoms with Gasteiger partial charge in [0.2, 0.25) is 10.0 Å². The van der Waals surface area contributed by atoms with Crippen LogP contribution in [0.4, 0.5) is 5.69 Å². The number of carbonyl (C=O) groups is 1.